The van der Waals surface area contributed by atoms with Crippen molar-refractivity contribution in [2.45, 2.75) is 26.3 Å². The first-order valence-corrected chi connectivity index (χ1v) is 7.28. The van der Waals surface area contributed by atoms with Crippen molar-refractivity contribution in [2.24, 2.45) is 5.92 Å². The van der Waals surface area contributed by atoms with Crippen molar-refractivity contribution in [2.75, 3.05) is 11.9 Å². The predicted octanol–water partition coefficient (Wildman–Crippen LogP) is 2.28. The van der Waals surface area contributed by atoms with Crippen molar-refractivity contribution in [1.82, 2.24) is 5.32 Å². The van der Waals surface area contributed by atoms with Crippen LogP contribution in [0.25, 0.3) is 0 Å². The fourth-order valence-electron chi connectivity index (χ4n) is 1.73. The van der Waals surface area contributed by atoms with E-state index in [0.29, 0.717) is 6.54 Å². The van der Waals surface area contributed by atoms with Gasteiger partial charge < -0.3 is 15.7 Å². The average Bonchev–Trinajstić information content (AvgIpc) is 2.44. The number of nitro groups is 1. The lowest BCUT2D eigenvalue weighted by Gasteiger charge is -2.16. The molecule has 23 heavy (non-hydrogen) atoms. The molecule has 0 saturated carbocycles. The number of carboxylic acids is 1. The summed E-state index contributed by atoms with van der Waals surface area (Å²) in [4.78, 5) is 33.2. The van der Waals surface area contributed by atoms with Gasteiger partial charge in [0.15, 0.2) is 0 Å². The second-order valence-corrected chi connectivity index (χ2v) is 5.77. The third kappa shape index (κ3) is 6.21. The molecule has 0 spiro atoms. The van der Waals surface area contributed by atoms with E-state index in [0.717, 1.165) is 6.07 Å². The van der Waals surface area contributed by atoms with Gasteiger partial charge in [-0.3, -0.25) is 19.7 Å². The first-order chi connectivity index (χ1) is 10.7. The number of carboxylic acid groups (broad SMARTS) is 1. The lowest BCUT2D eigenvalue weighted by Crippen LogP contribution is -2.41. The van der Waals surface area contributed by atoms with Gasteiger partial charge in [-0.15, -0.1) is 0 Å². The summed E-state index contributed by atoms with van der Waals surface area (Å²) < 4.78 is 0. The number of amides is 1. The van der Waals surface area contributed by atoms with Crippen molar-refractivity contribution >= 4 is 34.9 Å². The van der Waals surface area contributed by atoms with Crippen molar-refractivity contribution in [3.05, 3.63) is 33.3 Å². The van der Waals surface area contributed by atoms with Crippen molar-refractivity contribution in [3.63, 3.8) is 0 Å². The van der Waals surface area contributed by atoms with Crippen molar-refractivity contribution in [3.8, 4) is 0 Å². The molecular weight excluding hydrogens is 326 g/mol. The van der Waals surface area contributed by atoms with Gasteiger partial charge in [-0.05, 0) is 18.5 Å². The number of halogens is 1. The highest BCUT2D eigenvalue weighted by atomic mass is 35.5. The number of carbonyl (C=O) groups is 2. The van der Waals surface area contributed by atoms with E-state index in [9.17, 15) is 19.7 Å². The van der Waals surface area contributed by atoms with Crippen LogP contribution >= 0.6 is 11.6 Å². The minimum atomic E-state index is -1.15. The van der Waals surface area contributed by atoms with Crippen LogP contribution < -0.4 is 10.6 Å². The topological polar surface area (TPSA) is 122 Å². The predicted molar refractivity (Wildman–Crippen MR) is 85.6 cm³/mol. The fraction of sp³-hybridized carbons (Fsp3) is 0.429. The first-order valence-electron chi connectivity index (χ1n) is 6.90. The number of carbonyl (C=O) groups excluding carboxylic acids is 1. The number of rotatable bonds is 8. The molecule has 0 radical (unpaired) electrons. The summed E-state index contributed by atoms with van der Waals surface area (Å²) in [5.74, 6) is -1.52. The van der Waals surface area contributed by atoms with Gasteiger partial charge in [-0.2, -0.15) is 0 Å². The molecule has 3 N–H and O–H groups in total. The zero-order valence-electron chi connectivity index (χ0n) is 12.7. The molecule has 1 unspecified atom stereocenters. The standard InChI is InChI=1S/C14H18ClN3O5/c1-8(2)7-16-12(14(20)21)6-13(19)17-11-5-9(18(22)23)3-4-10(11)15/h3-5,8,12,16H,6-7H2,1-2H3,(H,17,19)(H,20,21). The molecular formula is C14H18ClN3O5. The van der Waals surface area contributed by atoms with Crippen LogP contribution in [0.3, 0.4) is 0 Å². The van der Waals surface area contributed by atoms with Crippen LogP contribution in [0.4, 0.5) is 11.4 Å². The molecule has 0 aliphatic carbocycles. The van der Waals surface area contributed by atoms with E-state index in [-0.39, 0.29) is 28.7 Å². The minimum absolute atomic E-state index is 0.0684. The van der Waals surface area contributed by atoms with Crippen LogP contribution in [0.2, 0.25) is 5.02 Å². The summed E-state index contributed by atoms with van der Waals surface area (Å²) in [6.45, 7) is 4.27. The number of non-ortho nitro benzene ring substituents is 1. The van der Waals surface area contributed by atoms with Gasteiger partial charge in [-0.25, -0.2) is 0 Å². The van der Waals surface area contributed by atoms with Crippen LogP contribution in [0.15, 0.2) is 18.2 Å². The second kappa shape index (κ2) is 8.44. The van der Waals surface area contributed by atoms with E-state index < -0.39 is 22.8 Å². The Morgan fingerprint density at radius 1 is 1.39 bits per heavy atom. The van der Waals surface area contributed by atoms with E-state index in [2.05, 4.69) is 10.6 Å². The van der Waals surface area contributed by atoms with Gasteiger partial charge in [0.25, 0.3) is 5.69 Å². The smallest absolute Gasteiger partial charge is 0.321 e. The molecule has 9 heteroatoms. The maximum Gasteiger partial charge on any atom is 0.321 e. The largest absolute Gasteiger partial charge is 0.480 e. The number of hydrogen-bond acceptors (Lipinski definition) is 5. The third-order valence-electron chi connectivity index (χ3n) is 2.89. The molecule has 0 aliphatic heterocycles. The molecule has 0 heterocycles. The zero-order chi connectivity index (χ0) is 17.6. The monoisotopic (exact) mass is 343 g/mol. The summed E-state index contributed by atoms with van der Waals surface area (Å²) >= 11 is 5.88. The Kier molecular flexibility index (Phi) is 6.92. The van der Waals surface area contributed by atoms with Crippen LogP contribution in [-0.2, 0) is 9.59 Å². The lowest BCUT2D eigenvalue weighted by atomic mass is 10.1. The van der Waals surface area contributed by atoms with Gasteiger partial charge in [0.05, 0.1) is 22.1 Å². The number of nitro benzene ring substituents is 1. The molecule has 0 bridgehead atoms. The fourth-order valence-corrected chi connectivity index (χ4v) is 1.90. The van der Waals surface area contributed by atoms with E-state index in [1.165, 1.54) is 12.1 Å². The van der Waals surface area contributed by atoms with Crippen LogP contribution in [-0.4, -0.2) is 34.5 Å². The number of hydrogen-bond donors (Lipinski definition) is 3. The second-order valence-electron chi connectivity index (χ2n) is 5.37. The number of benzene rings is 1. The molecule has 0 aromatic heterocycles. The highest BCUT2D eigenvalue weighted by molar-refractivity contribution is 6.33. The van der Waals surface area contributed by atoms with E-state index >= 15 is 0 Å². The molecule has 0 fully saturated rings. The maximum absolute atomic E-state index is 12.0. The summed E-state index contributed by atoms with van der Waals surface area (Å²) in [5, 5.41) is 25.2. The third-order valence-corrected chi connectivity index (χ3v) is 3.22. The van der Waals surface area contributed by atoms with Crippen molar-refractivity contribution in [1.29, 1.82) is 0 Å². The molecule has 0 saturated heterocycles. The number of anilines is 1. The average molecular weight is 344 g/mol. The Labute approximate surface area is 138 Å². The Hall–Kier alpha value is -2.19. The van der Waals surface area contributed by atoms with Gasteiger partial charge >= 0.3 is 5.97 Å². The molecule has 0 aliphatic rings. The molecule has 1 rings (SSSR count). The summed E-state index contributed by atoms with van der Waals surface area (Å²) in [6.07, 6.45) is -0.318. The van der Waals surface area contributed by atoms with E-state index in [1.54, 1.807) is 0 Å². The van der Waals surface area contributed by atoms with Gasteiger partial charge in [-0.1, -0.05) is 25.4 Å². The van der Waals surface area contributed by atoms with Crippen molar-refractivity contribution < 1.29 is 19.6 Å². The summed E-state index contributed by atoms with van der Waals surface area (Å²) in [5.41, 5.74) is -0.156. The minimum Gasteiger partial charge on any atom is -0.480 e. The first kappa shape index (κ1) is 18.9. The quantitative estimate of drug-likeness (QED) is 0.491. The highest BCUT2D eigenvalue weighted by Crippen LogP contribution is 2.26. The SMILES string of the molecule is CC(C)CNC(CC(=O)Nc1cc([N+](=O)[O-])ccc1Cl)C(=O)O. The normalized spacial score (nSPS) is 12.0. The molecule has 8 nitrogen and oxygen atoms in total. The Morgan fingerprint density at radius 3 is 2.57 bits per heavy atom. The van der Waals surface area contributed by atoms with E-state index in [1.807, 2.05) is 13.8 Å². The van der Waals surface area contributed by atoms with Crippen LogP contribution in [0.1, 0.15) is 20.3 Å². The summed E-state index contributed by atoms with van der Waals surface area (Å²) in [7, 11) is 0. The molecule has 1 aromatic rings. The molecule has 1 atom stereocenters. The lowest BCUT2D eigenvalue weighted by molar-refractivity contribution is -0.384. The summed E-state index contributed by atoms with van der Waals surface area (Å²) in [6, 6.07) is 2.58. The van der Waals surface area contributed by atoms with Gasteiger partial charge in [0.2, 0.25) is 5.91 Å². The van der Waals surface area contributed by atoms with Gasteiger partial charge in [0, 0.05) is 12.1 Å². The maximum atomic E-state index is 12.0. The number of nitrogens with one attached hydrogen (secondary N) is 2. The zero-order valence-corrected chi connectivity index (χ0v) is 13.5. The van der Waals surface area contributed by atoms with E-state index in [4.69, 9.17) is 16.7 Å². The number of aliphatic carboxylic acids is 1. The van der Waals surface area contributed by atoms with Crippen LogP contribution in [0, 0.1) is 16.0 Å². The Morgan fingerprint density at radius 2 is 2.04 bits per heavy atom. The Balaban J connectivity index is 2.76. The van der Waals surface area contributed by atoms with Crippen LogP contribution in [0.5, 0.6) is 0 Å². The highest BCUT2D eigenvalue weighted by Gasteiger charge is 2.22. The molecule has 1 aromatic carbocycles. The number of nitrogens with zero attached hydrogens (tertiary/aromatic N) is 1. The Bertz CT molecular complexity index is 606. The molecule has 126 valence electrons. The van der Waals surface area contributed by atoms with Gasteiger partial charge in [0.1, 0.15) is 6.04 Å². The molecule has 1 amide bonds.